The van der Waals surface area contributed by atoms with Crippen LogP contribution in [0.3, 0.4) is 0 Å². The van der Waals surface area contributed by atoms with Crippen LogP contribution < -0.4 is 0 Å². The maximum Gasteiger partial charge on any atom is 0.247 e. The van der Waals surface area contributed by atoms with Crippen LogP contribution in [0.15, 0.2) is 0 Å². The Morgan fingerprint density at radius 2 is 2.00 bits per heavy atom. The highest BCUT2D eigenvalue weighted by atomic mass is 16.2. The molecule has 0 aromatic heterocycles. The van der Waals surface area contributed by atoms with Crippen molar-refractivity contribution in [1.82, 2.24) is 9.80 Å². The second-order valence-electron chi connectivity index (χ2n) is 4.02. The van der Waals surface area contributed by atoms with Gasteiger partial charge in [0, 0.05) is 20.1 Å². The Kier molecular flexibility index (Phi) is 2.32. The summed E-state index contributed by atoms with van der Waals surface area (Å²) in [6.45, 7) is 6.91. The van der Waals surface area contributed by atoms with Crippen molar-refractivity contribution in [3.05, 3.63) is 0 Å². The number of piperazine rings is 1. The Labute approximate surface area is 79.0 Å². The number of carbonyl (C=O) groups excluding carboxylic acids is 1. The molecule has 0 bridgehead atoms. The molecule has 4 heteroatoms. The van der Waals surface area contributed by atoms with Crippen LogP contribution in [0.25, 0.3) is 0 Å². The minimum absolute atomic E-state index is 0.0883. The predicted octanol–water partition coefficient (Wildman–Crippen LogP) is 0.536. The maximum absolute atomic E-state index is 11.7. The van der Waals surface area contributed by atoms with Crippen molar-refractivity contribution in [2.75, 3.05) is 20.1 Å². The zero-order valence-corrected chi connectivity index (χ0v) is 8.72. The third kappa shape index (κ3) is 1.53. The lowest BCUT2D eigenvalue weighted by molar-refractivity contribution is -0.143. The fourth-order valence-corrected chi connectivity index (χ4v) is 1.80. The number of likely N-dealkylation sites (N-methyl/N-ethyl adjacent to an activating group) is 1. The fourth-order valence-electron chi connectivity index (χ4n) is 1.80. The number of amides is 1. The van der Waals surface area contributed by atoms with Crippen molar-refractivity contribution in [3.63, 3.8) is 0 Å². The van der Waals surface area contributed by atoms with Crippen LogP contribution in [0, 0.1) is 5.41 Å². The zero-order chi connectivity index (χ0) is 10.2. The lowest BCUT2D eigenvalue weighted by Crippen LogP contribution is -2.63. The van der Waals surface area contributed by atoms with E-state index < -0.39 is 5.54 Å². The molecule has 0 aliphatic carbocycles. The molecule has 1 heterocycles. The number of hydrogen-bond acceptors (Lipinski definition) is 2. The standard InChI is InChI=1S/C9H17N3O/c1-7(10)12-6-5-11(4)8(13)9(12,2)3/h10H,5-6H2,1-4H3. The molecule has 0 saturated carbocycles. The Bertz CT molecular complexity index is 247. The largest absolute Gasteiger partial charge is 0.345 e. The Hall–Kier alpha value is -1.06. The highest BCUT2D eigenvalue weighted by molar-refractivity contribution is 5.91. The molecular formula is C9H17N3O. The van der Waals surface area contributed by atoms with Gasteiger partial charge < -0.3 is 9.80 Å². The summed E-state index contributed by atoms with van der Waals surface area (Å²) in [6.07, 6.45) is 0. The van der Waals surface area contributed by atoms with Gasteiger partial charge in [0.25, 0.3) is 0 Å². The van der Waals surface area contributed by atoms with E-state index in [-0.39, 0.29) is 5.91 Å². The van der Waals surface area contributed by atoms with Crippen LogP contribution in [0.5, 0.6) is 0 Å². The van der Waals surface area contributed by atoms with Gasteiger partial charge in [0.15, 0.2) is 0 Å². The van der Waals surface area contributed by atoms with Gasteiger partial charge in [-0.25, -0.2) is 0 Å². The monoisotopic (exact) mass is 183 g/mol. The molecule has 1 fully saturated rings. The molecule has 1 aliphatic heterocycles. The molecule has 1 aliphatic rings. The van der Waals surface area contributed by atoms with Gasteiger partial charge >= 0.3 is 0 Å². The number of amidine groups is 1. The van der Waals surface area contributed by atoms with Gasteiger partial charge in [-0.15, -0.1) is 0 Å². The van der Waals surface area contributed by atoms with E-state index in [1.165, 1.54) is 0 Å². The van der Waals surface area contributed by atoms with Gasteiger partial charge in [0.1, 0.15) is 5.54 Å². The van der Waals surface area contributed by atoms with E-state index in [4.69, 9.17) is 5.41 Å². The summed E-state index contributed by atoms with van der Waals surface area (Å²) in [5.74, 6) is 0.553. The molecule has 0 atom stereocenters. The second-order valence-corrected chi connectivity index (χ2v) is 4.02. The van der Waals surface area contributed by atoms with Crippen LogP contribution in [0.2, 0.25) is 0 Å². The van der Waals surface area contributed by atoms with E-state index in [1.54, 1.807) is 18.9 Å². The summed E-state index contributed by atoms with van der Waals surface area (Å²) in [4.78, 5) is 15.3. The van der Waals surface area contributed by atoms with Crippen molar-refractivity contribution in [2.45, 2.75) is 26.3 Å². The molecule has 1 N–H and O–H groups in total. The third-order valence-corrected chi connectivity index (χ3v) is 2.61. The van der Waals surface area contributed by atoms with Gasteiger partial charge in [-0.2, -0.15) is 0 Å². The first-order chi connectivity index (χ1) is 5.87. The van der Waals surface area contributed by atoms with E-state index in [0.717, 1.165) is 6.54 Å². The fraction of sp³-hybridized carbons (Fsp3) is 0.778. The van der Waals surface area contributed by atoms with E-state index >= 15 is 0 Å². The lowest BCUT2D eigenvalue weighted by atomic mass is 9.98. The highest BCUT2D eigenvalue weighted by Gasteiger charge is 2.40. The molecule has 13 heavy (non-hydrogen) atoms. The van der Waals surface area contributed by atoms with Crippen LogP contribution in [-0.2, 0) is 4.79 Å². The van der Waals surface area contributed by atoms with Gasteiger partial charge in [-0.1, -0.05) is 0 Å². The molecule has 0 aromatic carbocycles. The molecular weight excluding hydrogens is 166 g/mol. The number of hydrogen-bond donors (Lipinski definition) is 1. The molecule has 1 amide bonds. The summed E-state index contributed by atoms with van der Waals surface area (Å²) < 4.78 is 0. The van der Waals surface area contributed by atoms with E-state index in [0.29, 0.717) is 12.4 Å². The SMILES string of the molecule is CC(=N)N1CCN(C)C(=O)C1(C)C. The molecule has 0 aromatic rings. The first-order valence-electron chi connectivity index (χ1n) is 4.45. The number of nitrogens with one attached hydrogen (secondary N) is 1. The van der Waals surface area contributed by atoms with E-state index in [1.807, 2.05) is 18.7 Å². The summed E-state index contributed by atoms with van der Waals surface area (Å²) in [6, 6.07) is 0. The average molecular weight is 183 g/mol. The Balaban J connectivity index is 2.92. The predicted molar refractivity (Wildman–Crippen MR) is 51.8 cm³/mol. The number of nitrogens with zero attached hydrogens (tertiary/aromatic N) is 2. The zero-order valence-electron chi connectivity index (χ0n) is 8.72. The minimum Gasteiger partial charge on any atom is -0.345 e. The van der Waals surface area contributed by atoms with E-state index in [2.05, 4.69) is 0 Å². The van der Waals surface area contributed by atoms with Crippen molar-refractivity contribution < 1.29 is 4.79 Å². The quantitative estimate of drug-likeness (QED) is 0.440. The van der Waals surface area contributed by atoms with Gasteiger partial charge in [-0.05, 0) is 20.8 Å². The molecule has 0 spiro atoms. The van der Waals surface area contributed by atoms with Crippen molar-refractivity contribution in [3.8, 4) is 0 Å². The van der Waals surface area contributed by atoms with Crippen LogP contribution >= 0.6 is 0 Å². The minimum atomic E-state index is -0.557. The van der Waals surface area contributed by atoms with Crippen LogP contribution in [0.1, 0.15) is 20.8 Å². The normalized spacial score (nSPS) is 22.0. The molecule has 74 valence electrons. The van der Waals surface area contributed by atoms with Crippen molar-refractivity contribution in [1.29, 1.82) is 5.41 Å². The Morgan fingerprint density at radius 3 is 2.46 bits per heavy atom. The molecule has 0 radical (unpaired) electrons. The van der Waals surface area contributed by atoms with Gasteiger partial charge in [-0.3, -0.25) is 10.2 Å². The lowest BCUT2D eigenvalue weighted by Gasteiger charge is -2.45. The molecule has 0 unspecified atom stereocenters. The third-order valence-electron chi connectivity index (χ3n) is 2.61. The molecule has 4 nitrogen and oxygen atoms in total. The number of carbonyl (C=O) groups is 1. The van der Waals surface area contributed by atoms with Crippen LogP contribution in [-0.4, -0.2) is 47.2 Å². The smallest absolute Gasteiger partial charge is 0.247 e. The maximum atomic E-state index is 11.7. The summed E-state index contributed by atoms with van der Waals surface area (Å²) in [5, 5.41) is 7.56. The van der Waals surface area contributed by atoms with Gasteiger partial charge in [0.2, 0.25) is 5.91 Å². The van der Waals surface area contributed by atoms with Gasteiger partial charge in [0.05, 0.1) is 5.84 Å². The van der Waals surface area contributed by atoms with Crippen LogP contribution in [0.4, 0.5) is 0 Å². The van der Waals surface area contributed by atoms with E-state index in [9.17, 15) is 4.79 Å². The summed E-state index contributed by atoms with van der Waals surface area (Å²) >= 11 is 0. The molecule has 1 saturated heterocycles. The Morgan fingerprint density at radius 1 is 1.46 bits per heavy atom. The summed E-state index contributed by atoms with van der Waals surface area (Å²) in [5.41, 5.74) is -0.557. The first-order valence-corrected chi connectivity index (χ1v) is 4.45. The average Bonchev–Trinajstić information content (AvgIpc) is 1.99. The molecule has 1 rings (SSSR count). The first kappa shape index (κ1) is 10.0. The number of rotatable bonds is 0. The van der Waals surface area contributed by atoms with Crippen molar-refractivity contribution in [2.24, 2.45) is 0 Å². The van der Waals surface area contributed by atoms with Crippen molar-refractivity contribution >= 4 is 11.7 Å². The summed E-state index contributed by atoms with van der Waals surface area (Å²) in [7, 11) is 1.81. The highest BCUT2D eigenvalue weighted by Crippen LogP contribution is 2.21. The topological polar surface area (TPSA) is 47.4 Å². The second kappa shape index (κ2) is 3.01.